The molecule has 0 saturated heterocycles. The third-order valence-electron chi connectivity index (χ3n) is 2.17. The molecule has 0 aliphatic carbocycles. The van der Waals surface area contributed by atoms with Crippen LogP contribution in [0.4, 0.5) is 11.4 Å². The molecule has 17 heavy (non-hydrogen) atoms. The zero-order chi connectivity index (χ0) is 13.1. The number of amides is 1. The summed E-state index contributed by atoms with van der Waals surface area (Å²) in [5.74, 6) is -0.434. The Morgan fingerprint density at radius 2 is 2.00 bits per heavy atom. The van der Waals surface area contributed by atoms with Crippen LogP contribution in [0, 0.1) is 0 Å². The number of rotatable bonds is 4. The second kappa shape index (κ2) is 5.15. The minimum Gasteiger partial charge on any atom is -0.397 e. The van der Waals surface area contributed by atoms with E-state index in [0.717, 1.165) is 10.6 Å². The molecule has 0 aliphatic heterocycles. The molecule has 0 bridgehead atoms. The maximum Gasteiger partial charge on any atom is 0.239 e. The standard InChI is InChI=1S/C10H15N3O3S/c1-13(17(2,15)16)7-10(14)12-9-6-4-3-5-8(9)11/h3-6H,7,11H2,1-2H3,(H,12,14). The van der Waals surface area contributed by atoms with Crippen LogP contribution in [0.15, 0.2) is 24.3 Å². The number of hydrogen-bond donors (Lipinski definition) is 2. The van der Waals surface area contributed by atoms with E-state index in [2.05, 4.69) is 5.32 Å². The van der Waals surface area contributed by atoms with Crippen molar-refractivity contribution in [1.82, 2.24) is 4.31 Å². The van der Waals surface area contributed by atoms with E-state index >= 15 is 0 Å². The number of likely N-dealkylation sites (N-methyl/N-ethyl adjacent to an activating group) is 1. The second-order valence-corrected chi connectivity index (χ2v) is 5.74. The lowest BCUT2D eigenvalue weighted by molar-refractivity contribution is -0.116. The van der Waals surface area contributed by atoms with Crippen LogP contribution in [0.25, 0.3) is 0 Å². The Bertz CT molecular complexity index is 513. The van der Waals surface area contributed by atoms with Gasteiger partial charge in [-0.1, -0.05) is 12.1 Å². The minimum atomic E-state index is -3.36. The van der Waals surface area contributed by atoms with Crippen molar-refractivity contribution >= 4 is 27.3 Å². The number of nitrogens with one attached hydrogen (secondary N) is 1. The number of carbonyl (C=O) groups excluding carboxylic acids is 1. The van der Waals surface area contributed by atoms with Crippen LogP contribution in [0.3, 0.4) is 0 Å². The highest BCUT2D eigenvalue weighted by Crippen LogP contribution is 2.16. The number of anilines is 2. The number of hydrogen-bond acceptors (Lipinski definition) is 4. The van der Waals surface area contributed by atoms with Crippen LogP contribution >= 0.6 is 0 Å². The Labute approximate surface area is 100 Å². The lowest BCUT2D eigenvalue weighted by Gasteiger charge is -2.14. The van der Waals surface area contributed by atoms with E-state index in [1.54, 1.807) is 24.3 Å². The molecule has 0 unspecified atom stereocenters. The molecule has 1 aromatic rings. The summed E-state index contributed by atoms with van der Waals surface area (Å²) in [5, 5.41) is 2.54. The highest BCUT2D eigenvalue weighted by atomic mass is 32.2. The van der Waals surface area contributed by atoms with Gasteiger partial charge in [-0.3, -0.25) is 4.79 Å². The van der Waals surface area contributed by atoms with Gasteiger partial charge in [0.2, 0.25) is 15.9 Å². The van der Waals surface area contributed by atoms with E-state index in [1.807, 2.05) is 0 Å². The molecule has 0 spiro atoms. The summed E-state index contributed by atoms with van der Waals surface area (Å²) in [5.41, 5.74) is 6.54. The number of benzene rings is 1. The molecule has 3 N–H and O–H groups in total. The van der Waals surface area contributed by atoms with Gasteiger partial charge in [0.1, 0.15) is 0 Å². The van der Waals surface area contributed by atoms with Gasteiger partial charge in [0.05, 0.1) is 24.2 Å². The summed E-state index contributed by atoms with van der Waals surface area (Å²) in [6, 6.07) is 6.77. The summed E-state index contributed by atoms with van der Waals surface area (Å²) >= 11 is 0. The molecule has 1 aromatic carbocycles. The molecule has 6 nitrogen and oxygen atoms in total. The fraction of sp³-hybridized carbons (Fsp3) is 0.300. The van der Waals surface area contributed by atoms with Crippen molar-refractivity contribution < 1.29 is 13.2 Å². The Kier molecular flexibility index (Phi) is 4.08. The first kappa shape index (κ1) is 13.5. The number of sulfonamides is 1. The number of nitrogens with zero attached hydrogens (tertiary/aromatic N) is 1. The highest BCUT2D eigenvalue weighted by molar-refractivity contribution is 7.88. The Morgan fingerprint density at radius 3 is 2.53 bits per heavy atom. The maximum absolute atomic E-state index is 11.5. The third-order valence-corrected chi connectivity index (χ3v) is 3.43. The van der Waals surface area contributed by atoms with Crippen LogP contribution in [-0.4, -0.2) is 38.5 Å². The SMILES string of the molecule is CN(CC(=O)Nc1ccccc1N)S(C)(=O)=O. The molecule has 0 radical (unpaired) electrons. The summed E-state index contributed by atoms with van der Waals surface area (Å²) in [7, 11) is -2.02. The zero-order valence-electron chi connectivity index (χ0n) is 9.67. The third kappa shape index (κ3) is 4.04. The van der Waals surface area contributed by atoms with Crippen molar-refractivity contribution in [3.63, 3.8) is 0 Å². The molecule has 0 aromatic heterocycles. The van der Waals surface area contributed by atoms with Crippen LogP contribution < -0.4 is 11.1 Å². The number of nitrogens with two attached hydrogens (primary N) is 1. The Hall–Kier alpha value is -1.60. The fourth-order valence-electron chi connectivity index (χ4n) is 1.12. The molecule has 7 heteroatoms. The molecular weight excluding hydrogens is 242 g/mol. The minimum absolute atomic E-state index is 0.243. The average Bonchev–Trinajstić information content (AvgIpc) is 2.20. The first-order valence-corrected chi connectivity index (χ1v) is 6.71. The summed E-state index contributed by atoms with van der Waals surface area (Å²) in [6.45, 7) is -0.243. The quantitative estimate of drug-likeness (QED) is 0.748. The lowest BCUT2D eigenvalue weighted by atomic mass is 10.2. The van der Waals surface area contributed by atoms with Gasteiger partial charge in [-0.05, 0) is 12.1 Å². The Morgan fingerprint density at radius 1 is 1.41 bits per heavy atom. The molecule has 0 aliphatic rings. The Balaban J connectivity index is 2.66. The summed E-state index contributed by atoms with van der Waals surface area (Å²) < 4.78 is 23.2. The summed E-state index contributed by atoms with van der Waals surface area (Å²) in [4.78, 5) is 11.5. The van der Waals surface area contributed by atoms with Crippen molar-refractivity contribution in [3.8, 4) is 0 Å². The van der Waals surface area contributed by atoms with Crippen LogP contribution in [-0.2, 0) is 14.8 Å². The number of para-hydroxylation sites is 2. The van der Waals surface area contributed by atoms with Gasteiger partial charge in [-0.25, -0.2) is 8.42 Å². The molecule has 0 atom stereocenters. The summed E-state index contributed by atoms with van der Waals surface area (Å²) in [6.07, 6.45) is 1.04. The zero-order valence-corrected chi connectivity index (χ0v) is 10.5. The average molecular weight is 257 g/mol. The molecule has 0 fully saturated rings. The van der Waals surface area contributed by atoms with Crippen LogP contribution in [0.1, 0.15) is 0 Å². The largest absolute Gasteiger partial charge is 0.397 e. The molecule has 0 saturated carbocycles. The molecule has 94 valence electrons. The van der Waals surface area contributed by atoms with E-state index in [4.69, 9.17) is 5.73 Å². The monoisotopic (exact) mass is 257 g/mol. The predicted octanol–water partition coefficient (Wildman–Crippen LogP) is 0.0987. The topological polar surface area (TPSA) is 92.5 Å². The van der Waals surface area contributed by atoms with E-state index in [9.17, 15) is 13.2 Å². The molecule has 1 amide bonds. The van der Waals surface area contributed by atoms with Gasteiger partial charge >= 0.3 is 0 Å². The fourth-order valence-corrected chi connectivity index (χ4v) is 1.47. The van der Waals surface area contributed by atoms with Crippen molar-refractivity contribution in [1.29, 1.82) is 0 Å². The van der Waals surface area contributed by atoms with E-state index < -0.39 is 15.9 Å². The van der Waals surface area contributed by atoms with Gasteiger partial charge < -0.3 is 11.1 Å². The van der Waals surface area contributed by atoms with Crippen molar-refractivity contribution in [2.45, 2.75) is 0 Å². The highest BCUT2D eigenvalue weighted by Gasteiger charge is 2.15. The van der Waals surface area contributed by atoms with Crippen molar-refractivity contribution in [3.05, 3.63) is 24.3 Å². The molecule has 0 heterocycles. The van der Waals surface area contributed by atoms with Crippen molar-refractivity contribution in [2.75, 3.05) is 30.9 Å². The lowest BCUT2D eigenvalue weighted by Crippen LogP contribution is -2.34. The van der Waals surface area contributed by atoms with Gasteiger partial charge in [0, 0.05) is 7.05 Å². The normalized spacial score (nSPS) is 11.5. The van der Waals surface area contributed by atoms with Crippen LogP contribution in [0.2, 0.25) is 0 Å². The van der Waals surface area contributed by atoms with Crippen molar-refractivity contribution in [2.24, 2.45) is 0 Å². The van der Waals surface area contributed by atoms with Gasteiger partial charge in [0.15, 0.2) is 0 Å². The van der Waals surface area contributed by atoms with Gasteiger partial charge in [-0.15, -0.1) is 0 Å². The first-order valence-electron chi connectivity index (χ1n) is 4.86. The maximum atomic E-state index is 11.5. The van der Waals surface area contributed by atoms with E-state index in [-0.39, 0.29) is 6.54 Å². The predicted molar refractivity (Wildman–Crippen MR) is 67.0 cm³/mol. The second-order valence-electron chi connectivity index (χ2n) is 3.65. The molecule has 1 rings (SSSR count). The van der Waals surface area contributed by atoms with Gasteiger partial charge in [0.25, 0.3) is 0 Å². The first-order chi connectivity index (χ1) is 7.80. The van der Waals surface area contributed by atoms with Crippen LogP contribution in [0.5, 0.6) is 0 Å². The number of nitrogen functional groups attached to an aromatic ring is 1. The van der Waals surface area contributed by atoms with E-state index in [1.165, 1.54) is 7.05 Å². The number of carbonyl (C=O) groups is 1. The van der Waals surface area contributed by atoms with E-state index in [0.29, 0.717) is 11.4 Å². The molecular formula is C10H15N3O3S. The smallest absolute Gasteiger partial charge is 0.239 e. The van der Waals surface area contributed by atoms with Gasteiger partial charge in [-0.2, -0.15) is 4.31 Å².